The first-order valence-electron chi connectivity index (χ1n) is 7.41. The van der Waals surface area contributed by atoms with Gasteiger partial charge in [-0.05, 0) is 54.3 Å². The molecule has 0 atom stereocenters. The van der Waals surface area contributed by atoms with E-state index in [-0.39, 0.29) is 11.8 Å². The first-order chi connectivity index (χ1) is 11.0. The van der Waals surface area contributed by atoms with Crippen LogP contribution in [0.25, 0.3) is 5.57 Å². The number of aryl methyl sites for hydroxylation is 2. The van der Waals surface area contributed by atoms with Crippen LogP contribution in [0.1, 0.15) is 22.9 Å². The Labute approximate surface area is 144 Å². The maximum Gasteiger partial charge on any atom is 0.272 e. The second-order valence-electron chi connectivity index (χ2n) is 5.41. The Balaban J connectivity index is 2.10. The van der Waals surface area contributed by atoms with Crippen LogP contribution in [-0.4, -0.2) is 17.6 Å². The summed E-state index contributed by atoms with van der Waals surface area (Å²) in [5, 5.41) is 1.92. The van der Waals surface area contributed by atoms with Crippen molar-refractivity contribution in [3.8, 4) is 0 Å². The van der Waals surface area contributed by atoms with Crippen molar-refractivity contribution in [2.75, 3.05) is 10.7 Å². The van der Waals surface area contributed by atoms with Crippen molar-refractivity contribution in [3.63, 3.8) is 0 Å². The maximum atomic E-state index is 13.0. The molecule has 2 aromatic rings. The first kappa shape index (κ1) is 16.0. The van der Waals surface area contributed by atoms with E-state index in [0.717, 1.165) is 21.8 Å². The molecule has 0 saturated carbocycles. The molecule has 3 rings (SSSR count). The van der Waals surface area contributed by atoms with E-state index in [0.29, 0.717) is 16.2 Å². The van der Waals surface area contributed by atoms with Gasteiger partial charge in [-0.1, -0.05) is 19.1 Å². The van der Waals surface area contributed by atoms with E-state index in [1.807, 2.05) is 56.5 Å². The van der Waals surface area contributed by atoms with Gasteiger partial charge in [0.25, 0.3) is 11.8 Å². The predicted molar refractivity (Wildman–Crippen MR) is 97.8 cm³/mol. The van der Waals surface area contributed by atoms with Crippen molar-refractivity contribution < 1.29 is 9.59 Å². The van der Waals surface area contributed by atoms with Crippen molar-refractivity contribution in [1.82, 2.24) is 0 Å². The summed E-state index contributed by atoms with van der Waals surface area (Å²) in [7, 11) is 0. The fraction of sp³-hybridized carbons (Fsp3) is 0.222. The Hall–Kier alpha value is -1.85. The summed E-state index contributed by atoms with van der Waals surface area (Å²) in [6, 6.07) is 9.59. The monoisotopic (exact) mass is 343 g/mol. The zero-order valence-corrected chi connectivity index (χ0v) is 14.9. The van der Waals surface area contributed by atoms with Crippen molar-refractivity contribution >= 4 is 46.2 Å². The van der Waals surface area contributed by atoms with Crippen LogP contribution in [0.15, 0.2) is 40.6 Å². The standard InChI is InChI=1S/C18H17NO2S2/c1-4-22-16-15(14-6-5-7-23-14)17(20)19(18(16)21)13-9-11(2)8-12(3)10-13/h5-10H,4H2,1-3H3. The molecule has 0 fully saturated rings. The minimum Gasteiger partial charge on any atom is -0.268 e. The van der Waals surface area contributed by atoms with Gasteiger partial charge < -0.3 is 0 Å². The maximum absolute atomic E-state index is 13.0. The lowest BCUT2D eigenvalue weighted by Crippen LogP contribution is -2.31. The number of thiophene rings is 1. The van der Waals surface area contributed by atoms with Gasteiger partial charge in [0.1, 0.15) is 0 Å². The molecule has 5 heteroatoms. The number of carbonyl (C=O) groups is 2. The van der Waals surface area contributed by atoms with Gasteiger partial charge in [0.05, 0.1) is 16.2 Å². The summed E-state index contributed by atoms with van der Waals surface area (Å²) in [4.78, 5) is 28.5. The Kier molecular flexibility index (Phi) is 4.41. The molecule has 3 nitrogen and oxygen atoms in total. The number of carbonyl (C=O) groups excluding carboxylic acids is 2. The van der Waals surface area contributed by atoms with Crippen molar-refractivity contribution in [3.05, 3.63) is 56.6 Å². The second-order valence-corrected chi connectivity index (χ2v) is 7.63. The molecule has 1 aliphatic heterocycles. The summed E-state index contributed by atoms with van der Waals surface area (Å²) in [5.74, 6) is 0.317. The number of amides is 2. The highest BCUT2D eigenvalue weighted by atomic mass is 32.2. The van der Waals surface area contributed by atoms with Gasteiger partial charge in [0.2, 0.25) is 0 Å². The molecule has 23 heavy (non-hydrogen) atoms. The van der Waals surface area contributed by atoms with Crippen LogP contribution in [0.2, 0.25) is 0 Å². The zero-order valence-electron chi connectivity index (χ0n) is 13.3. The van der Waals surface area contributed by atoms with Gasteiger partial charge in [0.15, 0.2) is 0 Å². The van der Waals surface area contributed by atoms with Crippen LogP contribution in [0.3, 0.4) is 0 Å². The molecule has 1 aromatic heterocycles. The van der Waals surface area contributed by atoms with Gasteiger partial charge >= 0.3 is 0 Å². The fourth-order valence-electron chi connectivity index (χ4n) is 2.74. The third-order valence-corrected chi connectivity index (χ3v) is 5.41. The minimum atomic E-state index is -0.224. The molecule has 0 spiro atoms. The van der Waals surface area contributed by atoms with E-state index in [1.54, 1.807) is 0 Å². The van der Waals surface area contributed by atoms with Gasteiger partial charge in [-0.3, -0.25) is 9.59 Å². The summed E-state index contributed by atoms with van der Waals surface area (Å²) in [6.45, 7) is 5.93. The van der Waals surface area contributed by atoms with E-state index >= 15 is 0 Å². The third kappa shape index (κ3) is 2.86. The summed E-state index contributed by atoms with van der Waals surface area (Å²) < 4.78 is 0. The molecule has 0 N–H and O–H groups in total. The third-order valence-electron chi connectivity index (χ3n) is 3.56. The van der Waals surface area contributed by atoms with Crippen LogP contribution < -0.4 is 4.90 Å². The van der Waals surface area contributed by atoms with E-state index in [1.165, 1.54) is 28.0 Å². The number of benzene rings is 1. The lowest BCUT2D eigenvalue weighted by Gasteiger charge is -2.16. The normalized spacial score (nSPS) is 15.0. The Morgan fingerprint density at radius 2 is 1.78 bits per heavy atom. The van der Waals surface area contributed by atoms with Gasteiger partial charge in [0, 0.05) is 4.88 Å². The lowest BCUT2D eigenvalue weighted by atomic mass is 10.1. The minimum absolute atomic E-state index is 0.213. The molecule has 118 valence electrons. The molecular formula is C18H17NO2S2. The second kappa shape index (κ2) is 6.34. The smallest absolute Gasteiger partial charge is 0.268 e. The quantitative estimate of drug-likeness (QED) is 0.772. The lowest BCUT2D eigenvalue weighted by molar-refractivity contribution is -0.119. The molecule has 1 aliphatic rings. The van der Waals surface area contributed by atoms with Gasteiger partial charge in [-0.25, -0.2) is 4.90 Å². The average Bonchev–Trinajstić information content (AvgIpc) is 3.06. The molecule has 2 heterocycles. The van der Waals surface area contributed by atoms with Gasteiger partial charge in [-0.2, -0.15) is 0 Å². The largest absolute Gasteiger partial charge is 0.272 e. The molecule has 1 aromatic carbocycles. The van der Waals surface area contributed by atoms with E-state index in [2.05, 4.69) is 0 Å². The summed E-state index contributed by atoms with van der Waals surface area (Å²) >= 11 is 2.93. The van der Waals surface area contributed by atoms with Crippen molar-refractivity contribution in [1.29, 1.82) is 0 Å². The highest BCUT2D eigenvalue weighted by Gasteiger charge is 2.40. The number of anilines is 1. The fourth-order valence-corrected chi connectivity index (χ4v) is 4.42. The number of hydrogen-bond donors (Lipinski definition) is 0. The Morgan fingerprint density at radius 3 is 2.35 bits per heavy atom. The zero-order chi connectivity index (χ0) is 16.6. The van der Waals surface area contributed by atoms with Crippen LogP contribution >= 0.6 is 23.1 Å². The highest BCUT2D eigenvalue weighted by Crippen LogP contribution is 2.39. The summed E-state index contributed by atoms with van der Waals surface area (Å²) in [5.41, 5.74) is 3.26. The number of thioether (sulfide) groups is 1. The van der Waals surface area contributed by atoms with Crippen LogP contribution in [0.4, 0.5) is 5.69 Å². The highest BCUT2D eigenvalue weighted by molar-refractivity contribution is 8.04. The topological polar surface area (TPSA) is 37.4 Å². The van der Waals surface area contributed by atoms with Crippen molar-refractivity contribution in [2.24, 2.45) is 0 Å². The molecular weight excluding hydrogens is 326 g/mol. The number of nitrogens with zero attached hydrogens (tertiary/aromatic N) is 1. The van der Waals surface area contributed by atoms with Gasteiger partial charge in [-0.15, -0.1) is 23.1 Å². The molecule has 0 bridgehead atoms. The van der Waals surface area contributed by atoms with Crippen LogP contribution in [-0.2, 0) is 9.59 Å². The number of imide groups is 1. The SMILES string of the molecule is CCSC1=C(c2cccs2)C(=O)N(c2cc(C)cc(C)c2)C1=O. The van der Waals surface area contributed by atoms with Crippen LogP contribution in [0, 0.1) is 13.8 Å². The van der Waals surface area contributed by atoms with E-state index in [9.17, 15) is 9.59 Å². The molecule has 0 radical (unpaired) electrons. The molecule has 0 aliphatic carbocycles. The first-order valence-corrected chi connectivity index (χ1v) is 9.27. The van der Waals surface area contributed by atoms with E-state index in [4.69, 9.17) is 0 Å². The summed E-state index contributed by atoms with van der Waals surface area (Å²) in [6.07, 6.45) is 0. The predicted octanol–water partition coefficient (Wildman–Crippen LogP) is 4.40. The number of rotatable bonds is 4. The molecule has 0 unspecified atom stereocenters. The average molecular weight is 343 g/mol. The number of hydrogen-bond acceptors (Lipinski definition) is 4. The Bertz CT molecular complexity index is 786. The van der Waals surface area contributed by atoms with Crippen molar-refractivity contribution in [2.45, 2.75) is 20.8 Å². The molecule has 2 amide bonds. The Morgan fingerprint density at radius 1 is 1.09 bits per heavy atom. The molecule has 0 saturated heterocycles. The van der Waals surface area contributed by atoms with Crippen LogP contribution in [0.5, 0.6) is 0 Å². The van der Waals surface area contributed by atoms with E-state index < -0.39 is 0 Å².